The molecule has 1 heterocycles. The maximum absolute atomic E-state index is 13.4. The summed E-state index contributed by atoms with van der Waals surface area (Å²) >= 11 is 0. The van der Waals surface area contributed by atoms with Crippen LogP contribution in [0.25, 0.3) is 0 Å². The van der Waals surface area contributed by atoms with E-state index in [2.05, 4.69) is 0 Å². The number of hydrogen-bond acceptors (Lipinski definition) is 11. The van der Waals surface area contributed by atoms with Crippen LogP contribution in [0.5, 0.6) is 0 Å². The smallest absolute Gasteiger partial charge is 0.338 e. The van der Waals surface area contributed by atoms with E-state index in [1.807, 2.05) is 6.92 Å². The third-order valence-electron chi connectivity index (χ3n) is 7.28. The molecular formula is C35H32O11S. The largest absolute Gasteiger partial charge is 0.452 e. The van der Waals surface area contributed by atoms with Crippen LogP contribution >= 0.6 is 0 Å². The van der Waals surface area contributed by atoms with Gasteiger partial charge in [-0.05, 0) is 55.5 Å². The summed E-state index contributed by atoms with van der Waals surface area (Å²) < 4.78 is 60.8. The number of benzene rings is 4. The van der Waals surface area contributed by atoms with E-state index < -0.39 is 65.3 Å². The van der Waals surface area contributed by atoms with E-state index in [9.17, 15) is 22.8 Å². The van der Waals surface area contributed by atoms with Gasteiger partial charge in [0, 0.05) is 7.11 Å². The van der Waals surface area contributed by atoms with E-state index in [0.717, 1.165) is 5.56 Å². The van der Waals surface area contributed by atoms with Gasteiger partial charge in [0.1, 0.15) is 6.10 Å². The van der Waals surface area contributed by atoms with Crippen molar-refractivity contribution in [1.82, 2.24) is 0 Å². The molecule has 0 aromatic heterocycles. The standard InChI is InChI=1S/C35H32O11S/c1-23-18-20-27(21-19-23)47(39,40)42-22-28-29(44-32(36)24-12-6-3-7-13-24)30(45-33(37)25-14-8-4-9-15-25)31(35(41-2)43-28)46-34(38)26-16-10-5-11-17-26/h3-21,28-31,35H,22H2,1-2H3/t28-,29+,30-,31-,35+/m0/s1. The zero-order valence-corrected chi connectivity index (χ0v) is 26.3. The Morgan fingerprint density at radius 2 is 1.04 bits per heavy atom. The fourth-order valence-electron chi connectivity index (χ4n) is 4.83. The van der Waals surface area contributed by atoms with Crippen molar-refractivity contribution in [1.29, 1.82) is 0 Å². The number of ether oxygens (including phenoxy) is 5. The molecule has 0 bridgehead atoms. The lowest BCUT2D eigenvalue weighted by atomic mass is 9.97. The fraction of sp³-hybridized carbons (Fsp3) is 0.229. The molecule has 0 saturated carbocycles. The van der Waals surface area contributed by atoms with Gasteiger partial charge in [0.2, 0.25) is 0 Å². The summed E-state index contributed by atoms with van der Waals surface area (Å²) in [4.78, 5) is 40.0. The lowest BCUT2D eigenvalue weighted by Crippen LogP contribution is -2.63. The first kappa shape index (κ1) is 33.5. The maximum atomic E-state index is 13.4. The van der Waals surface area contributed by atoms with Crippen LogP contribution < -0.4 is 0 Å². The lowest BCUT2D eigenvalue weighted by Gasteiger charge is -2.44. The molecule has 1 aliphatic rings. The summed E-state index contributed by atoms with van der Waals surface area (Å²) in [6.45, 7) is 1.13. The van der Waals surface area contributed by atoms with Crippen molar-refractivity contribution < 1.29 is 50.7 Å². The summed E-state index contributed by atoms with van der Waals surface area (Å²) in [7, 11) is -3.05. The van der Waals surface area contributed by atoms with Crippen molar-refractivity contribution in [3.05, 3.63) is 138 Å². The number of carbonyl (C=O) groups is 3. The van der Waals surface area contributed by atoms with Gasteiger partial charge in [-0.3, -0.25) is 4.18 Å². The van der Waals surface area contributed by atoms with E-state index in [4.69, 9.17) is 27.9 Å². The number of rotatable bonds is 11. The molecule has 0 radical (unpaired) electrons. The Kier molecular flexibility index (Phi) is 10.8. The normalized spacial score (nSPS) is 20.9. The van der Waals surface area contributed by atoms with Crippen LogP contribution in [-0.2, 0) is 38.0 Å². The van der Waals surface area contributed by atoms with Gasteiger partial charge in [0.15, 0.2) is 24.6 Å². The third-order valence-corrected chi connectivity index (χ3v) is 8.57. The summed E-state index contributed by atoms with van der Waals surface area (Å²) in [5.74, 6) is -2.47. The number of carbonyl (C=O) groups excluding carboxylic acids is 3. The molecule has 5 atom stereocenters. The number of methoxy groups -OCH3 is 1. The fourth-order valence-corrected chi connectivity index (χ4v) is 5.75. The van der Waals surface area contributed by atoms with Gasteiger partial charge in [-0.2, -0.15) is 8.42 Å². The highest BCUT2D eigenvalue weighted by molar-refractivity contribution is 7.86. The van der Waals surface area contributed by atoms with Crippen LogP contribution in [0.2, 0.25) is 0 Å². The van der Waals surface area contributed by atoms with E-state index in [-0.39, 0.29) is 21.6 Å². The first-order chi connectivity index (χ1) is 22.7. The summed E-state index contributed by atoms with van der Waals surface area (Å²) in [6, 6.07) is 30.0. The van der Waals surface area contributed by atoms with Gasteiger partial charge in [0.05, 0.1) is 28.2 Å². The molecule has 4 aromatic rings. The van der Waals surface area contributed by atoms with Gasteiger partial charge in [0.25, 0.3) is 10.1 Å². The summed E-state index contributed by atoms with van der Waals surface area (Å²) in [5, 5.41) is 0. The SMILES string of the molecule is CO[C@@H]1O[C@@H](COS(=O)(=O)c2ccc(C)cc2)[C@@H](OC(=O)c2ccccc2)[C@H](OC(=O)c2ccccc2)[C@@H]1OC(=O)c1ccccc1. The molecular weight excluding hydrogens is 628 g/mol. The number of aryl methyl sites for hydroxylation is 1. The Hall–Kier alpha value is -4.88. The molecule has 244 valence electrons. The highest BCUT2D eigenvalue weighted by atomic mass is 32.2. The molecule has 11 nitrogen and oxygen atoms in total. The zero-order valence-electron chi connectivity index (χ0n) is 25.5. The minimum atomic E-state index is -4.31. The first-order valence-corrected chi connectivity index (χ1v) is 16.0. The van der Waals surface area contributed by atoms with Crippen LogP contribution in [0.15, 0.2) is 120 Å². The quantitative estimate of drug-likeness (QED) is 0.125. The van der Waals surface area contributed by atoms with Crippen LogP contribution in [0, 0.1) is 6.92 Å². The molecule has 47 heavy (non-hydrogen) atoms. The van der Waals surface area contributed by atoms with Gasteiger partial charge in [-0.15, -0.1) is 0 Å². The van der Waals surface area contributed by atoms with E-state index in [1.165, 1.54) is 55.6 Å². The molecule has 0 spiro atoms. The van der Waals surface area contributed by atoms with Gasteiger partial charge in [-0.25, -0.2) is 14.4 Å². The molecule has 0 unspecified atom stereocenters. The second-order valence-electron chi connectivity index (χ2n) is 10.5. The van der Waals surface area contributed by atoms with E-state index in [0.29, 0.717) is 0 Å². The Labute approximate surface area is 272 Å². The molecule has 1 fully saturated rings. The average molecular weight is 661 g/mol. The highest BCUT2D eigenvalue weighted by Crippen LogP contribution is 2.32. The lowest BCUT2D eigenvalue weighted by molar-refractivity contribution is -0.290. The third kappa shape index (κ3) is 8.29. The van der Waals surface area contributed by atoms with Gasteiger partial charge < -0.3 is 23.7 Å². The van der Waals surface area contributed by atoms with E-state index in [1.54, 1.807) is 66.7 Å². The van der Waals surface area contributed by atoms with Crippen LogP contribution in [0.3, 0.4) is 0 Å². The maximum Gasteiger partial charge on any atom is 0.338 e. The monoisotopic (exact) mass is 660 g/mol. The summed E-state index contributed by atoms with van der Waals surface area (Å²) in [6.07, 6.45) is -7.34. The van der Waals surface area contributed by atoms with Crippen LogP contribution in [0.1, 0.15) is 36.6 Å². The van der Waals surface area contributed by atoms with Gasteiger partial charge >= 0.3 is 17.9 Å². The molecule has 0 amide bonds. The van der Waals surface area contributed by atoms with Crippen molar-refractivity contribution in [2.45, 2.75) is 42.5 Å². The predicted molar refractivity (Wildman–Crippen MR) is 167 cm³/mol. The van der Waals surface area contributed by atoms with Crippen molar-refractivity contribution in [2.75, 3.05) is 13.7 Å². The molecule has 12 heteroatoms. The average Bonchev–Trinajstić information content (AvgIpc) is 3.10. The van der Waals surface area contributed by atoms with Crippen LogP contribution in [0.4, 0.5) is 0 Å². The minimum absolute atomic E-state index is 0.109. The second kappa shape index (κ2) is 15.1. The molecule has 5 rings (SSSR count). The molecule has 0 N–H and O–H groups in total. The first-order valence-electron chi connectivity index (χ1n) is 14.6. The highest BCUT2D eigenvalue weighted by Gasteiger charge is 2.53. The predicted octanol–water partition coefficient (Wildman–Crippen LogP) is 4.75. The Bertz CT molecular complexity index is 1760. The Morgan fingerprint density at radius 3 is 1.49 bits per heavy atom. The van der Waals surface area contributed by atoms with Crippen molar-refractivity contribution in [2.24, 2.45) is 0 Å². The van der Waals surface area contributed by atoms with E-state index >= 15 is 0 Å². The molecule has 4 aromatic carbocycles. The molecule has 1 saturated heterocycles. The number of esters is 3. The second-order valence-corrected chi connectivity index (χ2v) is 12.2. The number of hydrogen-bond donors (Lipinski definition) is 0. The Morgan fingerprint density at radius 1 is 0.617 bits per heavy atom. The Balaban J connectivity index is 1.52. The minimum Gasteiger partial charge on any atom is -0.452 e. The van der Waals surface area contributed by atoms with Crippen molar-refractivity contribution in [3.63, 3.8) is 0 Å². The summed E-state index contributed by atoms with van der Waals surface area (Å²) in [5.41, 5.74) is 1.33. The van der Waals surface area contributed by atoms with Crippen molar-refractivity contribution in [3.8, 4) is 0 Å². The van der Waals surface area contributed by atoms with Gasteiger partial charge in [-0.1, -0.05) is 72.3 Å². The molecule has 1 aliphatic heterocycles. The van der Waals surface area contributed by atoms with Crippen LogP contribution in [-0.4, -0.2) is 70.7 Å². The van der Waals surface area contributed by atoms with Crippen molar-refractivity contribution >= 4 is 28.0 Å². The topological polar surface area (TPSA) is 141 Å². The zero-order chi connectivity index (χ0) is 33.4. The molecule has 0 aliphatic carbocycles.